The maximum absolute atomic E-state index is 12.4. The number of hydrogen-bond acceptors (Lipinski definition) is 4. The number of ether oxygens (including phenoxy) is 1. The third-order valence-electron chi connectivity index (χ3n) is 4.87. The molecule has 1 aliphatic heterocycles. The molecule has 158 valence electrons. The highest BCUT2D eigenvalue weighted by Gasteiger charge is 2.34. The van der Waals surface area contributed by atoms with Crippen LogP contribution in [0.15, 0.2) is 24.3 Å². The number of carbonyl (C=O) groups excluding carboxylic acids is 1. The van der Waals surface area contributed by atoms with Gasteiger partial charge in [0.05, 0.1) is 16.9 Å². The second-order valence-electron chi connectivity index (χ2n) is 8.09. The van der Waals surface area contributed by atoms with E-state index in [1.54, 1.807) is 25.7 Å². The molecule has 0 aromatic heterocycles. The molecule has 0 bridgehead atoms. The molecule has 0 unspecified atom stereocenters. The summed E-state index contributed by atoms with van der Waals surface area (Å²) in [5.74, 6) is -0.294. The first-order chi connectivity index (χ1) is 12.8. The Labute approximate surface area is 163 Å². The molecule has 0 atom stereocenters. The molecule has 1 aromatic carbocycles. The first-order valence-corrected chi connectivity index (χ1v) is 10.8. The van der Waals surface area contributed by atoms with Gasteiger partial charge in [0.2, 0.25) is 5.91 Å². The van der Waals surface area contributed by atoms with Crippen molar-refractivity contribution in [2.75, 3.05) is 18.8 Å². The summed E-state index contributed by atoms with van der Waals surface area (Å²) >= 11 is 0. The molecule has 2 rings (SSSR count). The van der Waals surface area contributed by atoms with Crippen LogP contribution in [-0.4, -0.2) is 49.2 Å². The maximum Gasteiger partial charge on any atom is 0.573 e. The highest BCUT2D eigenvalue weighted by Crippen LogP contribution is 2.26. The van der Waals surface area contributed by atoms with E-state index in [4.69, 9.17) is 0 Å². The first kappa shape index (κ1) is 22.5. The van der Waals surface area contributed by atoms with Crippen LogP contribution in [0.2, 0.25) is 0 Å². The number of hydrogen-bond donors (Lipinski definition) is 0. The van der Waals surface area contributed by atoms with Crippen LogP contribution in [0.25, 0.3) is 0 Å². The second-order valence-corrected chi connectivity index (χ2v) is 10.9. The summed E-state index contributed by atoms with van der Waals surface area (Å²) in [5, 5.41) is 0. The number of piperidine rings is 1. The minimum absolute atomic E-state index is 0.0343. The number of sulfone groups is 1. The van der Waals surface area contributed by atoms with Crippen molar-refractivity contribution >= 4 is 15.7 Å². The van der Waals surface area contributed by atoms with Crippen LogP contribution in [0.5, 0.6) is 5.75 Å². The second kappa shape index (κ2) is 8.31. The molecule has 9 heteroatoms. The Hall–Kier alpha value is -1.77. The largest absolute Gasteiger partial charge is 0.573 e. The number of rotatable bonds is 5. The lowest BCUT2D eigenvalue weighted by atomic mass is 9.98. The highest BCUT2D eigenvalue weighted by molar-refractivity contribution is 7.92. The summed E-state index contributed by atoms with van der Waals surface area (Å²) < 4.78 is 64.2. The molecule has 1 saturated heterocycles. The van der Waals surface area contributed by atoms with Crippen LogP contribution in [0.4, 0.5) is 13.2 Å². The summed E-state index contributed by atoms with van der Waals surface area (Å²) in [4.78, 5) is 14.1. The van der Waals surface area contributed by atoms with Crippen molar-refractivity contribution in [1.82, 2.24) is 4.90 Å². The van der Waals surface area contributed by atoms with Crippen molar-refractivity contribution in [3.05, 3.63) is 29.8 Å². The molecule has 28 heavy (non-hydrogen) atoms. The lowest BCUT2D eigenvalue weighted by Crippen LogP contribution is -2.42. The van der Waals surface area contributed by atoms with Crippen molar-refractivity contribution in [1.29, 1.82) is 0 Å². The predicted octanol–water partition coefficient (Wildman–Crippen LogP) is 3.58. The summed E-state index contributed by atoms with van der Waals surface area (Å²) in [5.41, 5.74) is 0.594. The summed E-state index contributed by atoms with van der Waals surface area (Å²) in [7, 11) is -3.20. The predicted molar refractivity (Wildman–Crippen MR) is 99.7 cm³/mol. The molecule has 5 nitrogen and oxygen atoms in total. The minimum atomic E-state index is -4.75. The lowest BCUT2D eigenvalue weighted by molar-refractivity contribution is -0.274. The Balaban J connectivity index is 1.85. The van der Waals surface area contributed by atoms with Crippen LogP contribution in [-0.2, 0) is 21.1 Å². The molecule has 0 radical (unpaired) electrons. The van der Waals surface area contributed by atoms with Gasteiger partial charge in [0, 0.05) is 13.1 Å². The summed E-state index contributed by atoms with van der Waals surface area (Å²) in [6.07, 6.45) is -3.42. The molecule has 0 spiro atoms. The monoisotopic (exact) mass is 421 g/mol. The van der Waals surface area contributed by atoms with Gasteiger partial charge in [-0.05, 0) is 57.2 Å². The van der Waals surface area contributed by atoms with Crippen molar-refractivity contribution in [3.63, 3.8) is 0 Å². The van der Waals surface area contributed by atoms with Gasteiger partial charge in [-0.25, -0.2) is 8.42 Å². The van der Waals surface area contributed by atoms with Crippen molar-refractivity contribution in [3.8, 4) is 5.75 Å². The van der Waals surface area contributed by atoms with Crippen molar-refractivity contribution in [2.24, 2.45) is 5.92 Å². The zero-order valence-corrected chi connectivity index (χ0v) is 17.1. The molecule has 1 aromatic rings. The fourth-order valence-electron chi connectivity index (χ4n) is 3.00. The third kappa shape index (κ3) is 6.39. The van der Waals surface area contributed by atoms with E-state index in [1.807, 2.05) is 0 Å². The number of nitrogens with zero attached hydrogens (tertiary/aromatic N) is 1. The van der Waals surface area contributed by atoms with Gasteiger partial charge >= 0.3 is 6.36 Å². The van der Waals surface area contributed by atoms with Gasteiger partial charge in [-0.3, -0.25) is 4.79 Å². The SMILES string of the molecule is CC(C)(C)S(=O)(=O)CC1CCN(C(=O)Cc2ccc(OC(F)(F)F)cc2)CC1. The number of alkyl halides is 3. The van der Waals surface area contributed by atoms with Gasteiger partial charge in [0.25, 0.3) is 0 Å². The van der Waals surface area contributed by atoms with Crippen LogP contribution in [0.1, 0.15) is 39.2 Å². The molecule has 1 aliphatic rings. The Kier molecular flexibility index (Phi) is 6.68. The van der Waals surface area contributed by atoms with Gasteiger partial charge in [-0.2, -0.15) is 0 Å². The molecular formula is C19H26F3NO4S. The van der Waals surface area contributed by atoms with Gasteiger partial charge in [-0.15, -0.1) is 13.2 Å². The molecule has 0 aliphatic carbocycles. The van der Waals surface area contributed by atoms with Crippen LogP contribution >= 0.6 is 0 Å². The van der Waals surface area contributed by atoms with E-state index in [1.165, 1.54) is 24.3 Å². The average molecular weight is 421 g/mol. The fraction of sp³-hybridized carbons (Fsp3) is 0.632. The Morgan fingerprint density at radius 3 is 2.11 bits per heavy atom. The van der Waals surface area contributed by atoms with E-state index in [-0.39, 0.29) is 29.7 Å². The Morgan fingerprint density at radius 2 is 1.64 bits per heavy atom. The van der Waals surface area contributed by atoms with Crippen LogP contribution in [0.3, 0.4) is 0 Å². The van der Waals surface area contributed by atoms with E-state index in [2.05, 4.69) is 4.74 Å². The van der Waals surface area contributed by atoms with E-state index < -0.39 is 20.9 Å². The van der Waals surface area contributed by atoms with Crippen molar-refractivity contribution < 1.29 is 31.1 Å². The Morgan fingerprint density at radius 1 is 1.11 bits per heavy atom. The zero-order chi connectivity index (χ0) is 21.2. The van der Waals surface area contributed by atoms with Gasteiger partial charge in [0.1, 0.15) is 5.75 Å². The number of likely N-dealkylation sites (tertiary alicyclic amines) is 1. The number of carbonyl (C=O) groups is 1. The maximum atomic E-state index is 12.4. The summed E-state index contributed by atoms with van der Waals surface area (Å²) in [6, 6.07) is 5.22. The smallest absolute Gasteiger partial charge is 0.406 e. The van der Waals surface area contributed by atoms with E-state index in [0.29, 0.717) is 31.5 Å². The lowest BCUT2D eigenvalue weighted by Gasteiger charge is -2.33. The molecular weight excluding hydrogens is 395 g/mol. The fourth-order valence-corrected chi connectivity index (χ4v) is 4.46. The van der Waals surface area contributed by atoms with Gasteiger partial charge in [-0.1, -0.05) is 12.1 Å². The number of halogens is 3. The summed E-state index contributed by atoms with van der Waals surface area (Å²) in [6.45, 7) is 6.03. The molecule has 1 fully saturated rings. The van der Waals surface area contributed by atoms with Gasteiger partial charge < -0.3 is 9.64 Å². The minimum Gasteiger partial charge on any atom is -0.406 e. The quantitative estimate of drug-likeness (QED) is 0.729. The average Bonchev–Trinajstić information content (AvgIpc) is 2.54. The number of amides is 1. The first-order valence-electron chi connectivity index (χ1n) is 9.11. The van der Waals surface area contributed by atoms with E-state index in [9.17, 15) is 26.4 Å². The third-order valence-corrected chi connectivity index (χ3v) is 7.64. The zero-order valence-electron chi connectivity index (χ0n) is 16.3. The van der Waals surface area contributed by atoms with Crippen LogP contribution in [0, 0.1) is 5.92 Å². The van der Waals surface area contributed by atoms with E-state index in [0.717, 1.165) is 0 Å². The van der Waals surface area contributed by atoms with Crippen molar-refractivity contribution in [2.45, 2.75) is 51.1 Å². The molecule has 0 saturated carbocycles. The highest BCUT2D eigenvalue weighted by atomic mass is 32.2. The van der Waals surface area contributed by atoms with Crippen LogP contribution < -0.4 is 4.74 Å². The standard InChI is InChI=1S/C19H26F3NO4S/c1-18(2,3)28(25,26)13-15-8-10-23(11-9-15)17(24)12-14-4-6-16(7-5-14)27-19(20,21)22/h4-7,15H,8-13H2,1-3H3. The Bertz CT molecular complexity index is 775. The normalized spacial score (nSPS) is 16.9. The number of benzene rings is 1. The van der Waals surface area contributed by atoms with Gasteiger partial charge in [0.15, 0.2) is 9.84 Å². The van der Waals surface area contributed by atoms with E-state index >= 15 is 0 Å². The topological polar surface area (TPSA) is 63.7 Å². The molecule has 1 amide bonds. The molecule has 1 heterocycles. The molecule has 0 N–H and O–H groups in total.